The number of benzene rings is 1. The van der Waals surface area contributed by atoms with Gasteiger partial charge in [-0.2, -0.15) is 0 Å². The van der Waals surface area contributed by atoms with Crippen molar-refractivity contribution in [1.82, 2.24) is 5.32 Å². The molecule has 0 saturated carbocycles. The molecule has 0 amide bonds. The van der Waals surface area contributed by atoms with Crippen LogP contribution < -0.4 is 10.0 Å². The van der Waals surface area contributed by atoms with E-state index in [1.54, 1.807) is 0 Å². The Morgan fingerprint density at radius 1 is 1.40 bits per heavy atom. The molecular weight excluding hydrogens is 234 g/mol. The zero-order valence-electron chi connectivity index (χ0n) is 8.37. The zero-order valence-corrected chi connectivity index (χ0v) is 10.0. The van der Waals surface area contributed by atoms with Crippen LogP contribution >= 0.6 is 12.4 Å². The van der Waals surface area contributed by atoms with Crippen LogP contribution in [0.25, 0.3) is 0 Å². The predicted octanol–water partition coefficient (Wildman–Crippen LogP) is 1.72. The number of hydrogen-bond donors (Lipinski definition) is 3. The van der Waals surface area contributed by atoms with E-state index in [0.29, 0.717) is 0 Å². The van der Waals surface area contributed by atoms with Crippen LogP contribution in [0, 0.1) is 4.78 Å². The van der Waals surface area contributed by atoms with Crippen molar-refractivity contribution >= 4 is 28.0 Å². The van der Waals surface area contributed by atoms with Crippen LogP contribution in [-0.2, 0) is 23.0 Å². The highest BCUT2D eigenvalue weighted by Gasteiger charge is 2.10. The summed E-state index contributed by atoms with van der Waals surface area (Å²) in [6, 6.07) is 5.82. The van der Waals surface area contributed by atoms with Crippen LogP contribution in [0.5, 0.6) is 0 Å². The van der Waals surface area contributed by atoms with Crippen molar-refractivity contribution in [2.24, 2.45) is 0 Å². The van der Waals surface area contributed by atoms with E-state index in [-0.39, 0.29) is 12.4 Å². The molecule has 0 bridgehead atoms. The van der Waals surface area contributed by atoms with Gasteiger partial charge < -0.3 is 5.32 Å². The lowest BCUT2D eigenvalue weighted by Gasteiger charge is -2.07. The van der Waals surface area contributed by atoms with E-state index in [2.05, 4.69) is 10.0 Å². The first-order valence-corrected chi connectivity index (χ1v) is 6.35. The fraction of sp³-hybridized carbons (Fsp3) is 0.333. The minimum Gasteiger partial charge on any atom is -0.309 e. The zero-order chi connectivity index (χ0) is 10.2. The molecule has 1 aromatic rings. The molecule has 0 fully saturated rings. The largest absolute Gasteiger partial charge is 0.309 e. The van der Waals surface area contributed by atoms with Gasteiger partial charge in [0.25, 0.3) is 0 Å². The molecule has 1 atom stereocenters. The molecular formula is C9H14ClN3OS. The molecule has 0 saturated heterocycles. The van der Waals surface area contributed by atoms with E-state index in [4.69, 9.17) is 4.78 Å². The Labute approximate surface area is 96.0 Å². The Balaban J connectivity index is 0.00000112. The van der Waals surface area contributed by atoms with Crippen LogP contribution in [0.4, 0.5) is 5.69 Å². The first-order valence-electron chi connectivity index (χ1n) is 4.39. The molecule has 1 aromatic carbocycles. The molecule has 84 valence electrons. The Morgan fingerprint density at radius 2 is 2.07 bits per heavy atom. The van der Waals surface area contributed by atoms with Gasteiger partial charge in [0.2, 0.25) is 0 Å². The second-order valence-corrected chi connectivity index (χ2v) is 5.42. The van der Waals surface area contributed by atoms with E-state index < -0.39 is 9.92 Å². The van der Waals surface area contributed by atoms with Crippen LogP contribution in [0.2, 0.25) is 0 Å². The fourth-order valence-corrected chi connectivity index (χ4v) is 2.16. The van der Waals surface area contributed by atoms with Gasteiger partial charge in [0.15, 0.2) is 0 Å². The monoisotopic (exact) mass is 247 g/mol. The molecule has 0 spiro atoms. The van der Waals surface area contributed by atoms with Crippen LogP contribution in [0.15, 0.2) is 18.2 Å². The van der Waals surface area contributed by atoms with Gasteiger partial charge in [0.1, 0.15) is 9.92 Å². The van der Waals surface area contributed by atoms with Crippen molar-refractivity contribution in [1.29, 1.82) is 4.78 Å². The average Bonchev–Trinajstić information content (AvgIpc) is 2.47. The van der Waals surface area contributed by atoms with E-state index in [1.165, 1.54) is 17.4 Å². The van der Waals surface area contributed by atoms with Crippen molar-refractivity contribution < 1.29 is 4.21 Å². The fourth-order valence-electron chi connectivity index (χ4n) is 1.58. The van der Waals surface area contributed by atoms with Gasteiger partial charge in [0, 0.05) is 25.0 Å². The van der Waals surface area contributed by atoms with Gasteiger partial charge in [0.05, 0.1) is 0 Å². The van der Waals surface area contributed by atoms with E-state index in [9.17, 15) is 4.21 Å². The van der Waals surface area contributed by atoms with Crippen LogP contribution in [0.1, 0.15) is 11.1 Å². The number of anilines is 1. The molecule has 4 nitrogen and oxygen atoms in total. The van der Waals surface area contributed by atoms with Crippen molar-refractivity contribution in [2.75, 3.05) is 11.0 Å². The number of hydrogen-bond acceptors (Lipinski definition) is 3. The molecule has 3 N–H and O–H groups in total. The number of nitrogens with one attached hydrogen (secondary N) is 3. The third-order valence-corrected chi connectivity index (χ3v) is 2.78. The molecule has 0 radical (unpaired) electrons. The lowest BCUT2D eigenvalue weighted by atomic mass is 10.1. The van der Waals surface area contributed by atoms with Gasteiger partial charge in [-0.25, -0.2) is 8.99 Å². The second-order valence-electron chi connectivity index (χ2n) is 3.53. The Bertz CT molecular complexity index is 458. The maximum Gasteiger partial charge on any atom is 0.123 e. The molecule has 1 aliphatic heterocycles. The molecule has 1 unspecified atom stereocenters. The van der Waals surface area contributed by atoms with Crippen LogP contribution in [-0.4, -0.2) is 10.5 Å². The van der Waals surface area contributed by atoms with Crippen molar-refractivity contribution in [3.63, 3.8) is 0 Å². The quantitative estimate of drug-likeness (QED) is 0.745. The second kappa shape index (κ2) is 4.38. The normalized spacial score (nSPS) is 17.4. The molecule has 15 heavy (non-hydrogen) atoms. The standard InChI is InChI=1S/C9H13N3OS.ClH/c1-14(10,13)12-9-3-2-7-5-11-6-8(7)4-9;/h2-4,11H,5-6H2,1H3,(H2,10,12,13);1H. The van der Waals surface area contributed by atoms with E-state index in [0.717, 1.165) is 18.8 Å². The first-order chi connectivity index (χ1) is 6.54. The average molecular weight is 248 g/mol. The number of halogens is 1. The van der Waals surface area contributed by atoms with Gasteiger partial charge in [-0.05, 0) is 23.3 Å². The smallest absolute Gasteiger partial charge is 0.123 e. The van der Waals surface area contributed by atoms with Gasteiger partial charge in [-0.15, -0.1) is 12.4 Å². The van der Waals surface area contributed by atoms with Crippen molar-refractivity contribution in [2.45, 2.75) is 13.1 Å². The molecule has 0 aromatic heterocycles. The first kappa shape index (κ1) is 12.3. The number of rotatable bonds is 2. The highest BCUT2D eigenvalue weighted by atomic mass is 35.5. The third kappa shape index (κ3) is 3.09. The minimum atomic E-state index is -2.67. The summed E-state index contributed by atoms with van der Waals surface area (Å²) in [5.74, 6) is 0. The highest BCUT2D eigenvalue weighted by molar-refractivity contribution is 7.93. The molecule has 6 heteroatoms. The molecule has 2 rings (SSSR count). The summed E-state index contributed by atoms with van der Waals surface area (Å²) in [5.41, 5.74) is 3.26. The maximum atomic E-state index is 11.2. The van der Waals surface area contributed by atoms with E-state index in [1.807, 2.05) is 18.2 Å². The predicted molar refractivity (Wildman–Crippen MR) is 64.6 cm³/mol. The molecule has 0 aliphatic carbocycles. The van der Waals surface area contributed by atoms with Crippen molar-refractivity contribution in [3.8, 4) is 0 Å². The Morgan fingerprint density at radius 3 is 2.73 bits per heavy atom. The maximum absolute atomic E-state index is 11.2. The lowest BCUT2D eigenvalue weighted by Crippen LogP contribution is -2.07. The molecule has 1 heterocycles. The summed E-state index contributed by atoms with van der Waals surface area (Å²) in [5, 5.41) is 3.23. The minimum absolute atomic E-state index is 0. The van der Waals surface area contributed by atoms with Gasteiger partial charge in [-0.3, -0.25) is 4.72 Å². The highest BCUT2D eigenvalue weighted by Crippen LogP contribution is 2.20. The summed E-state index contributed by atoms with van der Waals surface area (Å²) in [7, 11) is -2.67. The van der Waals surface area contributed by atoms with Crippen molar-refractivity contribution in [3.05, 3.63) is 29.3 Å². The van der Waals surface area contributed by atoms with Gasteiger partial charge >= 0.3 is 0 Å². The Hall–Kier alpha value is -0.780. The third-order valence-electron chi connectivity index (χ3n) is 2.15. The van der Waals surface area contributed by atoms with E-state index >= 15 is 0 Å². The summed E-state index contributed by atoms with van der Waals surface area (Å²) >= 11 is 0. The lowest BCUT2D eigenvalue weighted by molar-refractivity contribution is 0.682. The topological polar surface area (TPSA) is 65.0 Å². The van der Waals surface area contributed by atoms with Gasteiger partial charge in [-0.1, -0.05) is 6.07 Å². The Kier molecular flexibility index (Phi) is 3.59. The van der Waals surface area contributed by atoms with Crippen LogP contribution in [0.3, 0.4) is 0 Å². The summed E-state index contributed by atoms with van der Waals surface area (Å²) < 4.78 is 21.1. The summed E-state index contributed by atoms with van der Waals surface area (Å²) in [4.78, 5) is 0. The molecule has 1 aliphatic rings. The SMILES string of the molecule is CS(=N)(=O)Nc1ccc2c(c1)CNC2.Cl. The summed E-state index contributed by atoms with van der Waals surface area (Å²) in [6.45, 7) is 1.76. The number of fused-ring (bicyclic) bond motifs is 1. The summed E-state index contributed by atoms with van der Waals surface area (Å²) in [6.07, 6.45) is 1.37.